The Kier molecular flexibility index (Phi) is 21.2. The van der Waals surface area contributed by atoms with E-state index in [1.54, 1.807) is 21.0 Å². The number of carbonyl (C=O) groups excluding carboxylic acids is 2. The van der Waals surface area contributed by atoms with Crippen LogP contribution in [0.3, 0.4) is 0 Å². The molecule has 5 heterocycles. The van der Waals surface area contributed by atoms with E-state index in [0.29, 0.717) is 24.2 Å². The van der Waals surface area contributed by atoms with Gasteiger partial charge in [-0.05, 0) is 114 Å². The lowest BCUT2D eigenvalue weighted by Gasteiger charge is -2.58. The van der Waals surface area contributed by atoms with Crippen LogP contribution in [0, 0.1) is 34.5 Å². The Balaban J connectivity index is 0.779. The Morgan fingerprint density at radius 2 is 1.23 bits per heavy atom. The molecule has 0 aromatic heterocycles. The van der Waals surface area contributed by atoms with Crippen molar-refractivity contribution in [2.75, 3.05) is 34.5 Å². The number of allylic oxidation sites excluding steroid dienone is 1. The molecule has 9 aliphatic rings. The molecule has 4 aliphatic carbocycles. The number of hydrogen-bond acceptors (Lipinski definition) is 25. The lowest BCUT2D eigenvalue weighted by Crippen LogP contribution is -2.65. The normalized spacial score (nSPS) is 50.5. The van der Waals surface area contributed by atoms with Crippen LogP contribution in [0.2, 0.25) is 0 Å². The molecule has 8 fully saturated rings. The zero-order chi connectivity index (χ0) is 60.1. The second-order valence-corrected chi connectivity index (χ2v) is 25.3. The van der Waals surface area contributed by atoms with Gasteiger partial charge in [-0.3, -0.25) is 9.59 Å². The average Bonchev–Trinajstić information content (AvgIpc) is 2.08. The van der Waals surface area contributed by atoms with Gasteiger partial charge in [0.15, 0.2) is 43.7 Å². The minimum absolute atomic E-state index is 0.0203. The summed E-state index contributed by atoms with van der Waals surface area (Å²) >= 11 is 0. The van der Waals surface area contributed by atoms with Crippen molar-refractivity contribution in [2.24, 2.45) is 34.5 Å². The number of carbonyl (C=O) groups is 2. The molecule has 0 amide bonds. The molecule has 3 saturated carbocycles. The number of esters is 2. The topological polar surface area (TPSA) is 334 Å². The van der Waals surface area contributed by atoms with Crippen LogP contribution in [0.1, 0.15) is 113 Å². The highest BCUT2D eigenvalue weighted by atomic mass is 16.8. The summed E-state index contributed by atoms with van der Waals surface area (Å²) in [7, 11) is 4.47. The number of aliphatic hydroxyl groups is 8. The van der Waals surface area contributed by atoms with Crippen molar-refractivity contribution >= 4 is 11.9 Å². The third kappa shape index (κ3) is 13.0. The summed E-state index contributed by atoms with van der Waals surface area (Å²) in [6.45, 7) is 13.6. The molecule has 32 unspecified atom stereocenters. The highest BCUT2D eigenvalue weighted by Crippen LogP contribution is 2.67. The van der Waals surface area contributed by atoms with Gasteiger partial charge in [0.25, 0.3) is 0 Å². The summed E-state index contributed by atoms with van der Waals surface area (Å²) in [5.41, 5.74) is 1.44. The smallest absolute Gasteiger partial charge is 0.303 e. The third-order valence-electron chi connectivity index (χ3n) is 20.5. The molecule has 0 aromatic rings. The van der Waals surface area contributed by atoms with Crippen molar-refractivity contribution < 1.29 is 121 Å². The first-order chi connectivity index (χ1) is 39.4. The van der Waals surface area contributed by atoms with E-state index in [2.05, 4.69) is 19.9 Å². The van der Waals surface area contributed by atoms with Crippen molar-refractivity contribution in [2.45, 2.75) is 273 Å². The third-order valence-corrected chi connectivity index (χ3v) is 20.5. The van der Waals surface area contributed by atoms with Crippen LogP contribution in [0.25, 0.3) is 0 Å². The Labute approximate surface area is 485 Å². The van der Waals surface area contributed by atoms with Gasteiger partial charge in [-0.15, -0.1) is 0 Å². The summed E-state index contributed by atoms with van der Waals surface area (Å²) in [6.07, 6.45) is -17.7. The number of fused-ring (bicyclic) bond motifs is 5. The minimum Gasteiger partial charge on any atom is -0.457 e. The zero-order valence-electron chi connectivity index (χ0n) is 49.7. The molecule has 8 N–H and O–H groups in total. The van der Waals surface area contributed by atoms with E-state index in [9.17, 15) is 50.4 Å². The van der Waals surface area contributed by atoms with Gasteiger partial charge in [0.1, 0.15) is 79.4 Å². The molecule has 0 bridgehead atoms. The maximum absolute atomic E-state index is 12.3. The van der Waals surface area contributed by atoms with Crippen LogP contribution in [0.4, 0.5) is 0 Å². The largest absolute Gasteiger partial charge is 0.457 e. The number of aliphatic hydroxyl groups excluding tert-OH is 8. The Morgan fingerprint density at radius 1 is 0.614 bits per heavy atom. The molecule has 25 heteroatoms. The van der Waals surface area contributed by atoms with E-state index < -0.39 is 173 Å². The van der Waals surface area contributed by atoms with Crippen LogP contribution in [-0.2, 0) is 80.6 Å². The molecule has 83 heavy (non-hydrogen) atoms. The van der Waals surface area contributed by atoms with Gasteiger partial charge >= 0.3 is 11.9 Å². The second kappa shape index (κ2) is 26.9. The Bertz CT molecular complexity index is 2190. The molecule has 9 rings (SSSR count). The fourth-order valence-electron chi connectivity index (χ4n) is 16.0. The molecule has 476 valence electrons. The van der Waals surface area contributed by atoms with Crippen LogP contribution in [0.15, 0.2) is 11.6 Å². The van der Waals surface area contributed by atoms with Crippen molar-refractivity contribution in [3.8, 4) is 0 Å². The predicted octanol–water partition coefficient (Wildman–Crippen LogP) is 0.644. The van der Waals surface area contributed by atoms with Gasteiger partial charge in [-0.2, -0.15) is 0 Å². The molecule has 5 aliphatic heterocycles. The van der Waals surface area contributed by atoms with Crippen molar-refractivity contribution in [3.63, 3.8) is 0 Å². The first-order valence-electron chi connectivity index (χ1n) is 29.9. The van der Waals surface area contributed by atoms with Gasteiger partial charge in [0, 0.05) is 41.6 Å². The molecular formula is C58H94O25. The zero-order valence-corrected chi connectivity index (χ0v) is 49.7. The number of rotatable bonds is 18. The van der Waals surface area contributed by atoms with E-state index in [0.717, 1.165) is 51.4 Å². The van der Waals surface area contributed by atoms with Gasteiger partial charge < -0.3 is 112 Å². The number of methoxy groups -OCH3 is 3. The molecule has 0 aromatic carbocycles. The minimum atomic E-state index is -1.79. The van der Waals surface area contributed by atoms with Gasteiger partial charge in [0.2, 0.25) is 0 Å². The van der Waals surface area contributed by atoms with Crippen LogP contribution < -0.4 is 0 Å². The standard InChI is InChI=1S/C58H94O25/c1-24(74-55-46(68)50(70-10)48(26(3)75-55)83-54-45(67)43(65)41(63)38(81-54)23-72-53-44(66)42(64)40(62)37(22-59)80-53)33-14-15-34-32-13-12-30-20-31(16-18-57(30,7)35(32)17-19-58(33,34)8)79-39-21-36(69-9)47(25(2)73-39)82-56-52(78-29(6)61)51(71-11)49(27(4)76-56)77-28(5)60/h12,24-27,31-56,59,62-68H,13-23H2,1-11H3. The summed E-state index contributed by atoms with van der Waals surface area (Å²) in [5.74, 6) is 0.535. The summed E-state index contributed by atoms with van der Waals surface area (Å²) in [6, 6.07) is 0. The Morgan fingerprint density at radius 3 is 1.89 bits per heavy atom. The predicted molar refractivity (Wildman–Crippen MR) is 284 cm³/mol. The summed E-state index contributed by atoms with van der Waals surface area (Å²) < 4.78 is 90.9. The van der Waals surface area contributed by atoms with E-state index in [1.165, 1.54) is 33.6 Å². The Hall–Kier alpha value is -2.16. The first kappa shape index (κ1) is 65.3. The van der Waals surface area contributed by atoms with Crippen LogP contribution >= 0.6 is 0 Å². The van der Waals surface area contributed by atoms with Gasteiger partial charge in [-0.25, -0.2) is 0 Å². The van der Waals surface area contributed by atoms with E-state index in [-0.39, 0.29) is 29.0 Å². The fraction of sp³-hybridized carbons (Fsp3) is 0.931. The van der Waals surface area contributed by atoms with Gasteiger partial charge in [-0.1, -0.05) is 25.5 Å². The average molecular weight is 1190 g/mol. The van der Waals surface area contributed by atoms with Gasteiger partial charge in [0.05, 0.1) is 49.8 Å². The van der Waals surface area contributed by atoms with E-state index in [4.69, 9.17) is 71.1 Å². The molecule has 32 atom stereocenters. The first-order valence-corrected chi connectivity index (χ1v) is 29.9. The molecule has 5 saturated heterocycles. The lowest BCUT2D eigenvalue weighted by atomic mass is 9.47. The summed E-state index contributed by atoms with van der Waals surface area (Å²) in [4.78, 5) is 24.3. The summed E-state index contributed by atoms with van der Waals surface area (Å²) in [5, 5.41) is 85.0. The highest BCUT2D eigenvalue weighted by Gasteiger charge is 2.61. The maximum Gasteiger partial charge on any atom is 0.303 e. The van der Waals surface area contributed by atoms with Crippen molar-refractivity contribution in [1.29, 1.82) is 0 Å². The van der Waals surface area contributed by atoms with Crippen molar-refractivity contribution in [3.05, 3.63) is 11.6 Å². The van der Waals surface area contributed by atoms with Crippen LogP contribution in [0.5, 0.6) is 0 Å². The fourth-order valence-corrected chi connectivity index (χ4v) is 16.0. The lowest BCUT2D eigenvalue weighted by molar-refractivity contribution is -0.367. The highest BCUT2D eigenvalue weighted by molar-refractivity contribution is 5.67. The monoisotopic (exact) mass is 1190 g/mol. The van der Waals surface area contributed by atoms with Crippen LogP contribution in [-0.4, -0.2) is 247 Å². The SMILES string of the molecule is COC1CC(OC2CCC3(C)C(=CCC4C3CCC3(C)C(C(C)OC5OC(C)C(OC6OC(COC7OC(CO)C(O)C(O)C7O)C(O)C(O)C6O)C(OC)C5O)CCC43)C2)OC(C)C1OC1OC(C)C(OC(C)=O)C(OC)C1OC(C)=O. The number of hydrogen-bond donors (Lipinski definition) is 8. The molecular weight excluding hydrogens is 1100 g/mol. The number of ether oxygens (including phenoxy) is 15. The molecule has 0 spiro atoms. The van der Waals surface area contributed by atoms with Crippen molar-refractivity contribution in [1.82, 2.24) is 0 Å². The quantitative estimate of drug-likeness (QED) is 0.0690. The maximum atomic E-state index is 12.3. The second-order valence-electron chi connectivity index (χ2n) is 25.3. The molecule has 25 nitrogen and oxygen atoms in total. The van der Waals surface area contributed by atoms with E-state index >= 15 is 0 Å². The molecule has 0 radical (unpaired) electrons. The van der Waals surface area contributed by atoms with E-state index in [1.807, 2.05) is 13.8 Å².